The minimum absolute atomic E-state index is 0.233. The van der Waals surface area contributed by atoms with E-state index in [9.17, 15) is 9.18 Å². The summed E-state index contributed by atoms with van der Waals surface area (Å²) in [7, 11) is 0. The van der Waals surface area contributed by atoms with Gasteiger partial charge in [-0.05, 0) is 36.4 Å². The molecule has 0 saturated carbocycles. The molecule has 0 fully saturated rings. The van der Waals surface area contributed by atoms with Crippen molar-refractivity contribution in [3.63, 3.8) is 0 Å². The number of rotatable bonds is 3. The molecule has 10 heteroatoms. The van der Waals surface area contributed by atoms with E-state index >= 15 is 0 Å². The first-order valence-electron chi connectivity index (χ1n) is 7.73. The van der Waals surface area contributed by atoms with Gasteiger partial charge in [-0.3, -0.25) is 4.79 Å². The third kappa shape index (κ3) is 3.63. The third-order valence-corrected chi connectivity index (χ3v) is 6.03. The molecule has 0 aliphatic carbocycles. The van der Waals surface area contributed by atoms with Crippen molar-refractivity contribution in [3.8, 4) is 5.69 Å². The summed E-state index contributed by atoms with van der Waals surface area (Å²) in [5.74, 6) is -0.418. The van der Waals surface area contributed by atoms with E-state index in [0.717, 1.165) is 0 Å². The smallest absolute Gasteiger partial charge is 0.267 e. The van der Waals surface area contributed by atoms with Crippen LogP contribution < -0.4 is 5.56 Å². The Morgan fingerprint density at radius 3 is 2.32 bits per heavy atom. The summed E-state index contributed by atoms with van der Waals surface area (Å²) in [6.45, 7) is 0. The van der Waals surface area contributed by atoms with E-state index in [4.69, 9.17) is 46.4 Å². The summed E-state index contributed by atoms with van der Waals surface area (Å²) in [4.78, 5) is 17.7. The van der Waals surface area contributed by atoms with Gasteiger partial charge < -0.3 is 0 Å². The van der Waals surface area contributed by atoms with Crippen molar-refractivity contribution in [2.45, 2.75) is 9.92 Å². The van der Waals surface area contributed by atoms with Crippen LogP contribution in [-0.4, -0.2) is 14.2 Å². The predicted molar refractivity (Wildman–Crippen MR) is 111 cm³/mol. The van der Waals surface area contributed by atoms with Crippen LogP contribution in [0.3, 0.4) is 0 Å². The molecule has 4 rings (SSSR count). The number of hydrogen-bond acceptors (Lipinski definition) is 3. The van der Waals surface area contributed by atoms with Crippen LogP contribution in [0.2, 0.25) is 20.1 Å². The molecular weight excluding hydrogens is 467 g/mol. The highest BCUT2D eigenvalue weighted by molar-refractivity contribution is 7.99. The van der Waals surface area contributed by atoms with Gasteiger partial charge >= 0.3 is 0 Å². The van der Waals surface area contributed by atoms with Crippen molar-refractivity contribution in [1.29, 1.82) is 0 Å². The summed E-state index contributed by atoms with van der Waals surface area (Å²) >= 11 is 25.8. The fourth-order valence-electron chi connectivity index (χ4n) is 2.64. The van der Waals surface area contributed by atoms with E-state index in [2.05, 4.69) is 4.98 Å². The molecule has 0 N–H and O–H groups in total. The van der Waals surface area contributed by atoms with Gasteiger partial charge in [0.15, 0.2) is 5.65 Å². The normalized spacial score (nSPS) is 11.3. The van der Waals surface area contributed by atoms with Crippen molar-refractivity contribution >= 4 is 63.8 Å². The fraction of sp³-hybridized carbons (Fsp3) is 0. The lowest BCUT2D eigenvalue weighted by Gasteiger charge is -2.11. The molecule has 2 aromatic carbocycles. The Morgan fingerprint density at radius 2 is 1.64 bits per heavy atom. The highest BCUT2D eigenvalue weighted by Gasteiger charge is 2.16. The summed E-state index contributed by atoms with van der Waals surface area (Å²) in [6.07, 6.45) is 1.66. The standard InChI is InChI=1S/C18H8Cl4FN3OS/c19-9-5-12(21)18(13(22)6-9)26-17(27)8-15-24-16(3-4-25(15)26)28-14-2-1-10(23)7-11(14)20/h1-8H. The lowest BCUT2D eigenvalue weighted by Crippen LogP contribution is -2.17. The van der Waals surface area contributed by atoms with Crippen molar-refractivity contribution in [2.24, 2.45) is 0 Å². The van der Waals surface area contributed by atoms with Crippen molar-refractivity contribution in [1.82, 2.24) is 14.2 Å². The molecule has 4 nitrogen and oxygen atoms in total. The van der Waals surface area contributed by atoms with Crippen molar-refractivity contribution in [3.05, 3.63) is 84.9 Å². The van der Waals surface area contributed by atoms with E-state index in [0.29, 0.717) is 26.3 Å². The van der Waals surface area contributed by atoms with Gasteiger partial charge in [0.2, 0.25) is 0 Å². The van der Waals surface area contributed by atoms with Gasteiger partial charge in [-0.2, -0.15) is 0 Å². The zero-order chi connectivity index (χ0) is 20.0. The van der Waals surface area contributed by atoms with E-state index in [1.54, 1.807) is 18.3 Å². The maximum absolute atomic E-state index is 13.2. The van der Waals surface area contributed by atoms with Crippen LogP contribution in [0.4, 0.5) is 4.39 Å². The molecule has 142 valence electrons. The molecule has 0 bridgehead atoms. The fourth-order valence-corrected chi connectivity index (χ4v) is 4.69. The van der Waals surface area contributed by atoms with Crippen LogP contribution in [0.25, 0.3) is 11.3 Å². The molecule has 0 saturated heterocycles. The van der Waals surface area contributed by atoms with Gasteiger partial charge in [-0.25, -0.2) is 18.6 Å². The SMILES string of the molecule is O=c1cc2nc(Sc3ccc(F)cc3Cl)ccn2n1-c1c(Cl)cc(Cl)cc1Cl. The van der Waals surface area contributed by atoms with Gasteiger partial charge in [0, 0.05) is 16.1 Å². The van der Waals surface area contributed by atoms with E-state index < -0.39 is 5.82 Å². The first kappa shape index (κ1) is 19.6. The average molecular weight is 475 g/mol. The molecule has 0 spiro atoms. The van der Waals surface area contributed by atoms with Gasteiger partial charge in [0.05, 0.1) is 21.1 Å². The molecule has 0 aliphatic rings. The molecular formula is C18H8Cl4FN3OS. The maximum Gasteiger partial charge on any atom is 0.274 e. The number of halogens is 5. The number of fused-ring (bicyclic) bond motifs is 1. The highest BCUT2D eigenvalue weighted by Crippen LogP contribution is 2.34. The van der Waals surface area contributed by atoms with Crippen molar-refractivity contribution < 1.29 is 4.39 Å². The summed E-state index contributed by atoms with van der Waals surface area (Å²) < 4.78 is 16.0. The van der Waals surface area contributed by atoms with Gasteiger partial charge in [0.1, 0.15) is 16.5 Å². The quantitative estimate of drug-likeness (QED) is 0.323. The summed E-state index contributed by atoms with van der Waals surface area (Å²) in [6, 6.07) is 10.2. The summed E-state index contributed by atoms with van der Waals surface area (Å²) in [5, 5.41) is 1.69. The van der Waals surface area contributed by atoms with E-state index in [-0.39, 0.29) is 20.6 Å². The topological polar surface area (TPSA) is 39.3 Å². The van der Waals surface area contributed by atoms with Gasteiger partial charge in [0.25, 0.3) is 5.56 Å². The minimum Gasteiger partial charge on any atom is -0.267 e. The first-order valence-corrected chi connectivity index (χ1v) is 10.1. The zero-order valence-corrected chi connectivity index (χ0v) is 17.5. The average Bonchev–Trinajstić information content (AvgIpc) is 2.92. The van der Waals surface area contributed by atoms with Crippen LogP contribution in [0.1, 0.15) is 0 Å². The second-order valence-corrected chi connectivity index (χ2v) is 8.38. The van der Waals surface area contributed by atoms with E-state index in [1.165, 1.54) is 51.3 Å². The molecule has 0 unspecified atom stereocenters. The predicted octanol–water partition coefficient (Wildman–Crippen LogP) is 6.39. The Bertz CT molecular complexity index is 1260. The number of nitrogens with zero attached hydrogens (tertiary/aromatic N) is 3. The molecule has 0 atom stereocenters. The van der Waals surface area contributed by atoms with Gasteiger partial charge in [-0.1, -0.05) is 58.2 Å². The molecule has 4 aromatic rings. The van der Waals surface area contributed by atoms with Crippen LogP contribution >= 0.6 is 58.2 Å². The zero-order valence-electron chi connectivity index (χ0n) is 13.7. The minimum atomic E-state index is -0.418. The maximum atomic E-state index is 13.2. The number of hydrogen-bond donors (Lipinski definition) is 0. The van der Waals surface area contributed by atoms with Gasteiger partial charge in [-0.15, -0.1) is 0 Å². The Balaban J connectivity index is 1.81. The lowest BCUT2D eigenvalue weighted by atomic mass is 10.3. The van der Waals surface area contributed by atoms with E-state index in [1.807, 2.05) is 0 Å². The van der Waals surface area contributed by atoms with Crippen molar-refractivity contribution in [2.75, 3.05) is 0 Å². The van der Waals surface area contributed by atoms with Crippen LogP contribution in [-0.2, 0) is 0 Å². The Kier molecular flexibility index (Phi) is 5.33. The Labute approximate surface area is 182 Å². The third-order valence-electron chi connectivity index (χ3n) is 3.80. The monoisotopic (exact) mass is 473 g/mol. The lowest BCUT2D eigenvalue weighted by molar-refractivity contribution is 0.626. The molecule has 0 aliphatic heterocycles. The van der Waals surface area contributed by atoms with Crippen LogP contribution in [0.5, 0.6) is 0 Å². The molecule has 0 radical (unpaired) electrons. The Morgan fingerprint density at radius 1 is 0.929 bits per heavy atom. The summed E-state index contributed by atoms with van der Waals surface area (Å²) in [5.41, 5.74) is 0.331. The first-order chi connectivity index (χ1) is 13.3. The molecule has 0 amide bonds. The Hall–Kier alpha value is -1.70. The van der Waals surface area contributed by atoms with Crippen LogP contribution in [0.15, 0.2) is 63.4 Å². The van der Waals surface area contributed by atoms with Crippen LogP contribution in [0, 0.1) is 5.82 Å². The molecule has 28 heavy (non-hydrogen) atoms. The molecule has 2 heterocycles. The molecule has 2 aromatic heterocycles. The largest absolute Gasteiger partial charge is 0.274 e. The number of aromatic nitrogens is 3. The highest BCUT2D eigenvalue weighted by atomic mass is 35.5. The number of benzene rings is 2. The second kappa shape index (κ2) is 7.61. The second-order valence-electron chi connectivity index (χ2n) is 5.66.